The molecule has 1 amide bonds. The van der Waals surface area contributed by atoms with E-state index >= 15 is 0 Å². The second-order valence-corrected chi connectivity index (χ2v) is 5.21. The van der Waals surface area contributed by atoms with Gasteiger partial charge >= 0.3 is 0 Å². The van der Waals surface area contributed by atoms with Gasteiger partial charge in [-0.3, -0.25) is 4.79 Å². The van der Waals surface area contributed by atoms with E-state index in [9.17, 15) is 4.79 Å². The lowest BCUT2D eigenvalue weighted by molar-refractivity contribution is -0.133. The van der Waals surface area contributed by atoms with E-state index < -0.39 is 0 Å². The van der Waals surface area contributed by atoms with Crippen LogP contribution in [0.15, 0.2) is 0 Å². The van der Waals surface area contributed by atoms with Gasteiger partial charge in [-0.25, -0.2) is 0 Å². The summed E-state index contributed by atoms with van der Waals surface area (Å²) in [5.41, 5.74) is 0. The van der Waals surface area contributed by atoms with Crippen molar-refractivity contribution in [1.82, 2.24) is 10.2 Å². The van der Waals surface area contributed by atoms with Crippen molar-refractivity contribution < 1.29 is 4.79 Å². The van der Waals surface area contributed by atoms with Crippen LogP contribution in [0.5, 0.6) is 0 Å². The highest BCUT2D eigenvalue weighted by atomic mass is 16.2. The molecule has 2 aliphatic rings. The van der Waals surface area contributed by atoms with Crippen LogP contribution in [0.3, 0.4) is 0 Å². The van der Waals surface area contributed by atoms with Crippen molar-refractivity contribution in [2.24, 2.45) is 5.92 Å². The number of nitrogens with one attached hydrogen (secondary N) is 1. The fraction of sp³-hybridized carbons (Fsp3) is 0.923. The molecule has 2 fully saturated rings. The summed E-state index contributed by atoms with van der Waals surface area (Å²) < 4.78 is 0. The number of hydrogen-bond donors (Lipinski definition) is 1. The molecule has 0 spiro atoms. The summed E-state index contributed by atoms with van der Waals surface area (Å²) >= 11 is 0. The standard InChI is InChI=1S/C13H24N2O/c1-2-12-6-4-8-15(12)13(16)9-11-5-3-7-14-10-11/h11-12,14H,2-10H2,1H3. The van der Waals surface area contributed by atoms with Crippen molar-refractivity contribution in [2.45, 2.75) is 51.5 Å². The van der Waals surface area contributed by atoms with E-state index in [-0.39, 0.29) is 0 Å². The van der Waals surface area contributed by atoms with Crippen LogP contribution in [0.25, 0.3) is 0 Å². The normalized spacial score (nSPS) is 30.7. The Bertz CT molecular complexity index is 236. The SMILES string of the molecule is CCC1CCCN1C(=O)CC1CCCNC1. The molecule has 0 aliphatic carbocycles. The highest BCUT2D eigenvalue weighted by Gasteiger charge is 2.28. The Labute approximate surface area is 98.6 Å². The third-order valence-corrected chi connectivity index (χ3v) is 4.03. The Hall–Kier alpha value is -0.570. The summed E-state index contributed by atoms with van der Waals surface area (Å²) in [5, 5.41) is 3.39. The number of nitrogens with zero attached hydrogens (tertiary/aromatic N) is 1. The minimum absolute atomic E-state index is 0.401. The Balaban J connectivity index is 1.82. The number of amides is 1. The number of carbonyl (C=O) groups excluding carboxylic acids is 1. The van der Waals surface area contributed by atoms with E-state index in [1.165, 1.54) is 25.7 Å². The van der Waals surface area contributed by atoms with Crippen LogP contribution in [0.1, 0.15) is 45.4 Å². The van der Waals surface area contributed by atoms with Gasteiger partial charge in [-0.05, 0) is 51.1 Å². The van der Waals surface area contributed by atoms with Crippen LogP contribution in [0.4, 0.5) is 0 Å². The zero-order valence-corrected chi connectivity index (χ0v) is 10.4. The predicted molar refractivity (Wildman–Crippen MR) is 65.2 cm³/mol. The molecule has 0 aromatic carbocycles. The summed E-state index contributed by atoms with van der Waals surface area (Å²) in [6, 6.07) is 0.532. The van der Waals surface area contributed by atoms with Crippen molar-refractivity contribution in [3.63, 3.8) is 0 Å². The lowest BCUT2D eigenvalue weighted by Gasteiger charge is -2.28. The molecule has 2 heterocycles. The quantitative estimate of drug-likeness (QED) is 0.792. The zero-order valence-electron chi connectivity index (χ0n) is 10.4. The van der Waals surface area contributed by atoms with Crippen LogP contribution >= 0.6 is 0 Å². The highest BCUT2D eigenvalue weighted by molar-refractivity contribution is 5.77. The smallest absolute Gasteiger partial charge is 0.223 e. The average molecular weight is 224 g/mol. The molecule has 0 radical (unpaired) electrons. The largest absolute Gasteiger partial charge is 0.340 e. The molecule has 1 N–H and O–H groups in total. The first-order valence-corrected chi connectivity index (χ1v) is 6.81. The number of rotatable bonds is 3. The van der Waals surface area contributed by atoms with E-state index in [4.69, 9.17) is 0 Å². The average Bonchev–Trinajstić information content (AvgIpc) is 2.78. The van der Waals surface area contributed by atoms with Gasteiger partial charge in [0.1, 0.15) is 0 Å². The maximum absolute atomic E-state index is 12.2. The van der Waals surface area contributed by atoms with Crippen LogP contribution in [0.2, 0.25) is 0 Å². The first kappa shape index (κ1) is 11.9. The molecule has 2 atom stereocenters. The second kappa shape index (κ2) is 5.67. The molecule has 16 heavy (non-hydrogen) atoms. The number of carbonyl (C=O) groups is 1. The van der Waals surface area contributed by atoms with Gasteiger partial charge in [0.2, 0.25) is 5.91 Å². The number of hydrogen-bond acceptors (Lipinski definition) is 2. The summed E-state index contributed by atoms with van der Waals surface area (Å²) in [7, 11) is 0. The van der Waals surface area contributed by atoms with E-state index in [0.717, 1.165) is 32.5 Å². The first-order chi connectivity index (χ1) is 7.81. The van der Waals surface area contributed by atoms with Crippen molar-refractivity contribution in [3.05, 3.63) is 0 Å². The molecule has 0 aromatic rings. The molecular weight excluding hydrogens is 200 g/mol. The van der Waals surface area contributed by atoms with E-state index in [0.29, 0.717) is 17.9 Å². The van der Waals surface area contributed by atoms with Crippen LogP contribution in [-0.2, 0) is 4.79 Å². The third-order valence-electron chi connectivity index (χ3n) is 4.03. The van der Waals surface area contributed by atoms with Crippen molar-refractivity contribution >= 4 is 5.91 Å². The minimum atomic E-state index is 0.401. The van der Waals surface area contributed by atoms with Gasteiger partial charge in [0.25, 0.3) is 0 Å². The lowest BCUT2D eigenvalue weighted by Crippen LogP contribution is -2.38. The molecule has 2 saturated heterocycles. The molecule has 0 bridgehead atoms. The molecule has 0 saturated carbocycles. The monoisotopic (exact) mass is 224 g/mol. The number of likely N-dealkylation sites (tertiary alicyclic amines) is 1. The third kappa shape index (κ3) is 2.76. The molecular formula is C13H24N2O. The van der Waals surface area contributed by atoms with Gasteiger partial charge in [-0.1, -0.05) is 6.92 Å². The second-order valence-electron chi connectivity index (χ2n) is 5.21. The molecule has 2 unspecified atom stereocenters. The zero-order chi connectivity index (χ0) is 11.4. The first-order valence-electron chi connectivity index (χ1n) is 6.81. The van der Waals surface area contributed by atoms with Crippen molar-refractivity contribution in [1.29, 1.82) is 0 Å². The molecule has 2 aliphatic heterocycles. The Morgan fingerprint density at radius 3 is 2.94 bits per heavy atom. The van der Waals surface area contributed by atoms with Crippen LogP contribution < -0.4 is 5.32 Å². The Morgan fingerprint density at radius 2 is 2.25 bits per heavy atom. The van der Waals surface area contributed by atoms with E-state index in [1.54, 1.807) is 0 Å². The van der Waals surface area contributed by atoms with Gasteiger partial charge in [-0.15, -0.1) is 0 Å². The lowest BCUT2D eigenvalue weighted by atomic mass is 9.95. The number of piperidine rings is 1. The van der Waals surface area contributed by atoms with E-state index in [2.05, 4.69) is 17.1 Å². The minimum Gasteiger partial charge on any atom is -0.340 e. The fourth-order valence-electron chi connectivity index (χ4n) is 3.05. The predicted octanol–water partition coefficient (Wildman–Crippen LogP) is 1.78. The fourth-order valence-corrected chi connectivity index (χ4v) is 3.05. The Morgan fingerprint density at radius 1 is 1.38 bits per heavy atom. The molecule has 3 nitrogen and oxygen atoms in total. The summed E-state index contributed by atoms with van der Waals surface area (Å²) in [6.07, 6.45) is 6.76. The summed E-state index contributed by atoms with van der Waals surface area (Å²) in [5.74, 6) is 0.984. The summed E-state index contributed by atoms with van der Waals surface area (Å²) in [6.45, 7) is 5.36. The maximum Gasteiger partial charge on any atom is 0.223 e. The van der Waals surface area contributed by atoms with Crippen molar-refractivity contribution in [2.75, 3.05) is 19.6 Å². The molecule has 3 heteroatoms. The topological polar surface area (TPSA) is 32.3 Å². The van der Waals surface area contributed by atoms with Gasteiger partial charge in [0.05, 0.1) is 0 Å². The molecule has 92 valence electrons. The maximum atomic E-state index is 12.2. The van der Waals surface area contributed by atoms with Gasteiger partial charge in [0.15, 0.2) is 0 Å². The molecule has 2 rings (SSSR count). The van der Waals surface area contributed by atoms with Gasteiger partial charge in [-0.2, -0.15) is 0 Å². The highest BCUT2D eigenvalue weighted by Crippen LogP contribution is 2.23. The van der Waals surface area contributed by atoms with Gasteiger partial charge in [0, 0.05) is 19.0 Å². The van der Waals surface area contributed by atoms with E-state index in [1.807, 2.05) is 0 Å². The molecule has 0 aromatic heterocycles. The summed E-state index contributed by atoms with van der Waals surface area (Å²) in [4.78, 5) is 14.3. The van der Waals surface area contributed by atoms with Crippen molar-refractivity contribution in [3.8, 4) is 0 Å². The Kier molecular flexibility index (Phi) is 4.22. The van der Waals surface area contributed by atoms with Crippen LogP contribution in [0, 0.1) is 5.92 Å². The van der Waals surface area contributed by atoms with Crippen LogP contribution in [-0.4, -0.2) is 36.5 Å². The van der Waals surface area contributed by atoms with Gasteiger partial charge < -0.3 is 10.2 Å².